The highest BCUT2D eigenvalue weighted by molar-refractivity contribution is 6.30. The van der Waals surface area contributed by atoms with Gasteiger partial charge in [0.2, 0.25) is 5.91 Å². The average Bonchev–Trinajstić information content (AvgIpc) is 3.37. The second-order valence-electron chi connectivity index (χ2n) is 8.66. The molecule has 0 aliphatic carbocycles. The van der Waals surface area contributed by atoms with Gasteiger partial charge in [-0.15, -0.1) is 0 Å². The summed E-state index contributed by atoms with van der Waals surface area (Å²) in [6.45, 7) is 5.88. The second kappa shape index (κ2) is 7.55. The van der Waals surface area contributed by atoms with Crippen molar-refractivity contribution >= 4 is 29.2 Å². The van der Waals surface area contributed by atoms with E-state index in [4.69, 9.17) is 16.3 Å². The predicted molar refractivity (Wildman–Crippen MR) is 113 cm³/mol. The normalized spacial score (nSPS) is 32.8. The summed E-state index contributed by atoms with van der Waals surface area (Å²) in [5.41, 5.74) is 0.430. The third kappa shape index (κ3) is 3.29. The maximum atomic E-state index is 12.9. The Morgan fingerprint density at radius 1 is 1.23 bits per heavy atom. The molecular formula is C22H26ClN3O4. The van der Waals surface area contributed by atoms with Crippen molar-refractivity contribution < 1.29 is 19.4 Å². The van der Waals surface area contributed by atoms with Crippen molar-refractivity contribution in [2.45, 2.75) is 18.1 Å². The summed E-state index contributed by atoms with van der Waals surface area (Å²) < 4.78 is 5.94. The molecule has 3 fully saturated rings. The number of piperazine rings is 1. The highest BCUT2D eigenvalue weighted by atomic mass is 35.5. The number of rotatable bonds is 6. The summed E-state index contributed by atoms with van der Waals surface area (Å²) in [7, 11) is 0. The Kier molecular flexibility index (Phi) is 5.00. The van der Waals surface area contributed by atoms with Crippen LogP contribution in [0.5, 0.6) is 0 Å². The number of carbonyl (C=O) groups excluding carboxylic acids is 1. The standard InChI is InChI=1S/C22H26ClN3O4/c23-15-3-1-4-16(13-15)25-11-9-24(10-12-25)7-2-8-26-14-22-6-5-17(30-22)18(21(28)29)19(22)20(26)27/h1,3-6,13,17-19H,2,7-12,14H2,(H,28,29). The van der Waals surface area contributed by atoms with Gasteiger partial charge >= 0.3 is 5.97 Å². The largest absolute Gasteiger partial charge is 0.481 e. The lowest BCUT2D eigenvalue weighted by Crippen LogP contribution is -2.47. The highest BCUT2D eigenvalue weighted by Gasteiger charge is 2.66. The summed E-state index contributed by atoms with van der Waals surface area (Å²) in [4.78, 5) is 31.1. The lowest BCUT2D eigenvalue weighted by atomic mass is 9.77. The fraction of sp³-hybridized carbons (Fsp3) is 0.545. The van der Waals surface area contributed by atoms with Gasteiger partial charge < -0.3 is 19.6 Å². The monoisotopic (exact) mass is 431 g/mol. The number of carboxylic acids is 1. The Bertz CT molecular complexity index is 885. The molecule has 30 heavy (non-hydrogen) atoms. The number of likely N-dealkylation sites (tertiary alicyclic amines) is 1. The molecule has 3 saturated heterocycles. The molecule has 1 aromatic carbocycles. The van der Waals surface area contributed by atoms with Crippen LogP contribution in [0.25, 0.3) is 0 Å². The topological polar surface area (TPSA) is 73.3 Å². The number of ether oxygens (including phenoxy) is 1. The van der Waals surface area contributed by atoms with E-state index in [-0.39, 0.29) is 5.91 Å². The van der Waals surface area contributed by atoms with Crippen LogP contribution in [-0.4, -0.2) is 84.3 Å². The molecule has 1 aromatic rings. The number of halogens is 1. The zero-order valence-corrected chi connectivity index (χ0v) is 17.5. The van der Waals surface area contributed by atoms with Crippen LogP contribution in [0.2, 0.25) is 5.02 Å². The Hall–Kier alpha value is -2.09. The van der Waals surface area contributed by atoms with Crippen molar-refractivity contribution in [1.29, 1.82) is 0 Å². The molecule has 160 valence electrons. The number of nitrogens with zero attached hydrogens (tertiary/aromatic N) is 3. The van der Waals surface area contributed by atoms with Crippen LogP contribution in [0.1, 0.15) is 6.42 Å². The molecule has 0 saturated carbocycles. The van der Waals surface area contributed by atoms with E-state index in [0.29, 0.717) is 13.1 Å². The molecule has 4 atom stereocenters. The van der Waals surface area contributed by atoms with Gasteiger partial charge in [-0.05, 0) is 31.2 Å². The van der Waals surface area contributed by atoms with Gasteiger partial charge in [-0.2, -0.15) is 0 Å². The maximum absolute atomic E-state index is 12.9. The first-order chi connectivity index (χ1) is 14.5. The van der Waals surface area contributed by atoms with Crippen LogP contribution in [0.15, 0.2) is 36.4 Å². The van der Waals surface area contributed by atoms with E-state index < -0.39 is 29.5 Å². The lowest BCUT2D eigenvalue weighted by molar-refractivity contribution is -0.148. The zero-order chi connectivity index (χ0) is 20.9. The molecule has 0 radical (unpaired) electrons. The van der Waals surface area contributed by atoms with Crippen molar-refractivity contribution in [1.82, 2.24) is 9.80 Å². The van der Waals surface area contributed by atoms with E-state index in [2.05, 4.69) is 15.9 Å². The molecule has 4 unspecified atom stereocenters. The first-order valence-electron chi connectivity index (χ1n) is 10.6. The van der Waals surface area contributed by atoms with Crippen molar-refractivity contribution in [3.05, 3.63) is 41.4 Å². The number of hydrogen-bond donors (Lipinski definition) is 1. The second-order valence-corrected chi connectivity index (χ2v) is 9.10. The van der Waals surface area contributed by atoms with Gasteiger partial charge in [-0.1, -0.05) is 29.8 Å². The number of amides is 1. The SMILES string of the molecule is O=C(O)C1C2C=CC3(CN(CCCN4CCN(c5cccc(Cl)c5)CC4)C(=O)C13)O2. The quantitative estimate of drug-likeness (QED) is 0.691. The molecule has 7 nitrogen and oxygen atoms in total. The molecule has 4 aliphatic rings. The first-order valence-corrected chi connectivity index (χ1v) is 11.0. The van der Waals surface area contributed by atoms with Crippen molar-refractivity contribution in [3.8, 4) is 0 Å². The van der Waals surface area contributed by atoms with E-state index in [9.17, 15) is 14.7 Å². The summed E-state index contributed by atoms with van der Waals surface area (Å²) in [6, 6.07) is 7.96. The summed E-state index contributed by atoms with van der Waals surface area (Å²) in [6.07, 6.45) is 4.13. The number of fused-ring (bicyclic) bond motifs is 1. The minimum Gasteiger partial charge on any atom is -0.481 e. The Morgan fingerprint density at radius 2 is 2.03 bits per heavy atom. The van der Waals surface area contributed by atoms with Gasteiger partial charge in [0.15, 0.2) is 0 Å². The number of carboxylic acid groups (broad SMARTS) is 1. The molecule has 5 rings (SSSR count). The minimum atomic E-state index is -0.941. The van der Waals surface area contributed by atoms with Crippen molar-refractivity contribution in [2.75, 3.05) is 50.7 Å². The van der Waals surface area contributed by atoms with Crippen molar-refractivity contribution in [3.63, 3.8) is 0 Å². The number of aliphatic carboxylic acids is 1. The lowest BCUT2D eigenvalue weighted by Gasteiger charge is -2.36. The average molecular weight is 432 g/mol. The van der Waals surface area contributed by atoms with Gasteiger partial charge in [0.05, 0.1) is 18.6 Å². The maximum Gasteiger partial charge on any atom is 0.310 e. The van der Waals surface area contributed by atoms with Gasteiger partial charge in [0.1, 0.15) is 11.5 Å². The fourth-order valence-electron chi connectivity index (χ4n) is 5.44. The molecule has 0 aromatic heterocycles. The molecule has 8 heteroatoms. The number of hydrogen-bond acceptors (Lipinski definition) is 5. The number of benzene rings is 1. The summed E-state index contributed by atoms with van der Waals surface area (Å²) in [5, 5.41) is 10.3. The highest BCUT2D eigenvalue weighted by Crippen LogP contribution is 2.51. The molecule has 4 heterocycles. The molecule has 1 N–H and O–H groups in total. The van der Waals surface area contributed by atoms with Crippen LogP contribution in [0.4, 0.5) is 5.69 Å². The smallest absolute Gasteiger partial charge is 0.310 e. The predicted octanol–water partition coefficient (Wildman–Crippen LogP) is 1.72. The van der Waals surface area contributed by atoms with Crippen LogP contribution in [0.3, 0.4) is 0 Å². The first kappa shape index (κ1) is 19.8. The Morgan fingerprint density at radius 3 is 2.77 bits per heavy atom. The molecule has 1 spiro atoms. The number of carbonyl (C=O) groups is 2. The van der Waals surface area contributed by atoms with E-state index in [1.54, 1.807) is 4.90 Å². The fourth-order valence-corrected chi connectivity index (χ4v) is 5.62. The minimum absolute atomic E-state index is 0.0694. The van der Waals surface area contributed by atoms with E-state index in [1.165, 1.54) is 0 Å². The summed E-state index contributed by atoms with van der Waals surface area (Å²) >= 11 is 6.10. The molecule has 4 aliphatic heterocycles. The van der Waals surface area contributed by atoms with Gasteiger partial charge in [-0.3, -0.25) is 14.5 Å². The molecular weight excluding hydrogens is 406 g/mol. The van der Waals surface area contributed by atoms with Crippen LogP contribution in [0, 0.1) is 11.8 Å². The zero-order valence-electron chi connectivity index (χ0n) is 16.7. The van der Waals surface area contributed by atoms with E-state index in [0.717, 1.165) is 49.9 Å². The molecule has 1 amide bonds. The van der Waals surface area contributed by atoms with Crippen molar-refractivity contribution in [2.24, 2.45) is 11.8 Å². The van der Waals surface area contributed by atoms with Gasteiger partial charge in [0, 0.05) is 43.4 Å². The Labute approximate surface area is 180 Å². The van der Waals surface area contributed by atoms with E-state index in [1.807, 2.05) is 30.4 Å². The third-order valence-corrected chi connectivity index (χ3v) is 7.15. The van der Waals surface area contributed by atoms with Crippen LogP contribution >= 0.6 is 11.6 Å². The van der Waals surface area contributed by atoms with Gasteiger partial charge in [-0.25, -0.2) is 0 Å². The van der Waals surface area contributed by atoms with Gasteiger partial charge in [0.25, 0.3) is 0 Å². The van der Waals surface area contributed by atoms with Crippen LogP contribution in [-0.2, 0) is 14.3 Å². The van der Waals surface area contributed by atoms with E-state index >= 15 is 0 Å². The third-order valence-electron chi connectivity index (χ3n) is 6.91. The van der Waals surface area contributed by atoms with Crippen LogP contribution < -0.4 is 4.90 Å². The molecule has 2 bridgehead atoms. The Balaban J connectivity index is 1.11. The summed E-state index contributed by atoms with van der Waals surface area (Å²) in [5.74, 6) is -2.35. The number of anilines is 1.